The van der Waals surface area contributed by atoms with Crippen LogP contribution in [0.25, 0.3) is 0 Å². The fourth-order valence-electron chi connectivity index (χ4n) is 1.38. The highest BCUT2D eigenvalue weighted by Gasteiger charge is 2.13. The molecular formula is C13H19NO2. The number of ether oxygens (including phenoxy) is 1. The second kappa shape index (κ2) is 6.28. The van der Waals surface area contributed by atoms with Crippen LogP contribution in [0.15, 0.2) is 30.3 Å². The molecule has 16 heavy (non-hydrogen) atoms. The largest absolute Gasteiger partial charge is 0.462 e. The zero-order chi connectivity index (χ0) is 12.0. The van der Waals surface area contributed by atoms with Crippen molar-refractivity contribution in [3.8, 4) is 0 Å². The van der Waals surface area contributed by atoms with Crippen LogP contribution in [0.1, 0.15) is 25.8 Å². The van der Waals surface area contributed by atoms with Crippen molar-refractivity contribution in [2.24, 2.45) is 5.73 Å². The van der Waals surface area contributed by atoms with E-state index in [1.54, 1.807) is 6.92 Å². The van der Waals surface area contributed by atoms with E-state index in [0.717, 1.165) is 12.8 Å². The topological polar surface area (TPSA) is 52.3 Å². The Labute approximate surface area is 96.6 Å². The van der Waals surface area contributed by atoms with Crippen LogP contribution in [0.3, 0.4) is 0 Å². The Hall–Kier alpha value is -1.35. The zero-order valence-electron chi connectivity index (χ0n) is 9.85. The van der Waals surface area contributed by atoms with Crippen molar-refractivity contribution >= 4 is 5.97 Å². The van der Waals surface area contributed by atoms with Crippen molar-refractivity contribution in [1.29, 1.82) is 0 Å². The van der Waals surface area contributed by atoms with Gasteiger partial charge in [0.25, 0.3) is 0 Å². The predicted octanol–water partition coefficient (Wildman–Crippen LogP) is 1.90. The Bertz CT molecular complexity index is 322. The average molecular weight is 221 g/mol. The summed E-state index contributed by atoms with van der Waals surface area (Å²) < 4.78 is 5.17. The van der Waals surface area contributed by atoms with Crippen LogP contribution in [-0.2, 0) is 16.0 Å². The first-order valence-electron chi connectivity index (χ1n) is 5.59. The SMILES string of the molecule is C[C@H](N)C(=O)O[C@@H](C)CCc1ccccc1. The molecule has 88 valence electrons. The fraction of sp³-hybridized carbons (Fsp3) is 0.462. The van der Waals surface area contributed by atoms with Gasteiger partial charge in [0, 0.05) is 0 Å². The zero-order valence-corrected chi connectivity index (χ0v) is 9.85. The van der Waals surface area contributed by atoms with Gasteiger partial charge in [-0.1, -0.05) is 30.3 Å². The van der Waals surface area contributed by atoms with E-state index in [9.17, 15) is 4.79 Å². The predicted molar refractivity (Wildman–Crippen MR) is 64.0 cm³/mol. The third-order valence-electron chi connectivity index (χ3n) is 2.37. The smallest absolute Gasteiger partial charge is 0.322 e. The highest BCUT2D eigenvalue weighted by Crippen LogP contribution is 2.07. The van der Waals surface area contributed by atoms with Gasteiger partial charge in [0.15, 0.2) is 0 Å². The molecule has 0 saturated carbocycles. The lowest BCUT2D eigenvalue weighted by atomic mass is 10.1. The van der Waals surface area contributed by atoms with Crippen LogP contribution in [0.2, 0.25) is 0 Å². The van der Waals surface area contributed by atoms with Crippen LogP contribution in [0.4, 0.5) is 0 Å². The molecule has 0 aromatic heterocycles. The van der Waals surface area contributed by atoms with Crippen LogP contribution in [0, 0.1) is 0 Å². The van der Waals surface area contributed by atoms with Gasteiger partial charge in [0.1, 0.15) is 6.04 Å². The first-order chi connectivity index (χ1) is 7.59. The van der Waals surface area contributed by atoms with E-state index < -0.39 is 6.04 Å². The molecule has 0 fully saturated rings. The standard InChI is InChI=1S/C13H19NO2/c1-10(16-13(15)11(2)14)8-9-12-6-4-3-5-7-12/h3-7,10-11H,8-9,14H2,1-2H3/t10-,11-/m0/s1. The van der Waals surface area contributed by atoms with Crippen LogP contribution >= 0.6 is 0 Å². The highest BCUT2D eigenvalue weighted by atomic mass is 16.5. The Morgan fingerprint density at radius 1 is 1.31 bits per heavy atom. The third-order valence-corrected chi connectivity index (χ3v) is 2.37. The molecule has 0 heterocycles. The lowest BCUT2D eigenvalue weighted by Gasteiger charge is -2.14. The number of carbonyl (C=O) groups excluding carboxylic acids is 1. The maximum Gasteiger partial charge on any atom is 0.322 e. The minimum atomic E-state index is -0.542. The molecule has 0 spiro atoms. The van der Waals surface area contributed by atoms with Gasteiger partial charge in [-0.05, 0) is 32.3 Å². The molecule has 0 aliphatic heterocycles. The number of benzene rings is 1. The van der Waals surface area contributed by atoms with E-state index in [-0.39, 0.29) is 12.1 Å². The summed E-state index contributed by atoms with van der Waals surface area (Å²) >= 11 is 0. The summed E-state index contributed by atoms with van der Waals surface area (Å²) in [5.74, 6) is -0.333. The quantitative estimate of drug-likeness (QED) is 0.773. The average Bonchev–Trinajstić information content (AvgIpc) is 2.27. The Balaban J connectivity index is 2.30. The van der Waals surface area contributed by atoms with Gasteiger partial charge in [0.05, 0.1) is 6.10 Å². The number of carbonyl (C=O) groups is 1. The number of aryl methyl sites for hydroxylation is 1. The number of hydrogen-bond acceptors (Lipinski definition) is 3. The summed E-state index contributed by atoms with van der Waals surface area (Å²) in [6.07, 6.45) is 1.65. The summed E-state index contributed by atoms with van der Waals surface area (Å²) in [5.41, 5.74) is 6.67. The second-order valence-corrected chi connectivity index (χ2v) is 4.06. The molecule has 0 aliphatic rings. The summed E-state index contributed by atoms with van der Waals surface area (Å²) in [7, 11) is 0. The van der Waals surface area contributed by atoms with Crippen molar-refractivity contribution in [2.75, 3.05) is 0 Å². The summed E-state index contributed by atoms with van der Waals surface area (Å²) in [4.78, 5) is 11.2. The molecule has 1 aromatic rings. The normalized spacial score (nSPS) is 14.2. The van der Waals surface area contributed by atoms with E-state index in [1.165, 1.54) is 5.56 Å². The minimum absolute atomic E-state index is 0.0845. The van der Waals surface area contributed by atoms with Crippen LogP contribution < -0.4 is 5.73 Å². The molecule has 1 aromatic carbocycles. The molecule has 0 radical (unpaired) electrons. The first kappa shape index (κ1) is 12.7. The van der Waals surface area contributed by atoms with Gasteiger partial charge in [-0.15, -0.1) is 0 Å². The van der Waals surface area contributed by atoms with Crippen LogP contribution in [0.5, 0.6) is 0 Å². The summed E-state index contributed by atoms with van der Waals surface area (Å²) in [6.45, 7) is 3.52. The number of hydrogen-bond donors (Lipinski definition) is 1. The van der Waals surface area contributed by atoms with Gasteiger partial charge in [-0.3, -0.25) is 4.79 Å². The maximum absolute atomic E-state index is 11.2. The molecule has 2 N–H and O–H groups in total. The first-order valence-corrected chi connectivity index (χ1v) is 5.59. The Kier molecular flexibility index (Phi) is 4.99. The lowest BCUT2D eigenvalue weighted by molar-refractivity contribution is -0.149. The molecule has 0 amide bonds. The highest BCUT2D eigenvalue weighted by molar-refractivity contribution is 5.75. The molecule has 3 nitrogen and oxygen atoms in total. The fourth-order valence-corrected chi connectivity index (χ4v) is 1.38. The monoisotopic (exact) mass is 221 g/mol. The molecule has 3 heteroatoms. The second-order valence-electron chi connectivity index (χ2n) is 4.06. The Morgan fingerprint density at radius 2 is 1.94 bits per heavy atom. The van der Waals surface area contributed by atoms with E-state index in [1.807, 2.05) is 25.1 Å². The van der Waals surface area contributed by atoms with E-state index in [2.05, 4.69) is 12.1 Å². The van der Waals surface area contributed by atoms with Crippen molar-refractivity contribution in [3.63, 3.8) is 0 Å². The van der Waals surface area contributed by atoms with E-state index >= 15 is 0 Å². The third kappa shape index (κ3) is 4.45. The van der Waals surface area contributed by atoms with Crippen molar-refractivity contribution in [1.82, 2.24) is 0 Å². The Morgan fingerprint density at radius 3 is 2.50 bits per heavy atom. The molecule has 2 atom stereocenters. The molecule has 0 saturated heterocycles. The maximum atomic E-state index is 11.2. The number of rotatable bonds is 5. The lowest BCUT2D eigenvalue weighted by Crippen LogP contribution is -2.31. The summed E-state index contributed by atoms with van der Waals surface area (Å²) in [5, 5.41) is 0. The van der Waals surface area contributed by atoms with E-state index in [4.69, 9.17) is 10.5 Å². The van der Waals surface area contributed by atoms with Crippen LogP contribution in [-0.4, -0.2) is 18.1 Å². The van der Waals surface area contributed by atoms with E-state index in [0.29, 0.717) is 0 Å². The van der Waals surface area contributed by atoms with Crippen molar-refractivity contribution in [2.45, 2.75) is 38.8 Å². The molecular weight excluding hydrogens is 202 g/mol. The van der Waals surface area contributed by atoms with Gasteiger partial charge < -0.3 is 10.5 Å². The molecule has 1 rings (SSSR count). The van der Waals surface area contributed by atoms with Crippen molar-refractivity contribution < 1.29 is 9.53 Å². The molecule has 0 bridgehead atoms. The summed E-state index contributed by atoms with van der Waals surface area (Å²) in [6, 6.07) is 9.60. The van der Waals surface area contributed by atoms with Gasteiger partial charge in [0.2, 0.25) is 0 Å². The van der Waals surface area contributed by atoms with Crippen molar-refractivity contribution in [3.05, 3.63) is 35.9 Å². The number of esters is 1. The minimum Gasteiger partial charge on any atom is -0.462 e. The van der Waals surface area contributed by atoms with Gasteiger partial charge >= 0.3 is 5.97 Å². The van der Waals surface area contributed by atoms with Gasteiger partial charge in [-0.25, -0.2) is 0 Å². The number of nitrogens with two attached hydrogens (primary N) is 1. The molecule has 0 aliphatic carbocycles. The van der Waals surface area contributed by atoms with Gasteiger partial charge in [-0.2, -0.15) is 0 Å². The molecule has 0 unspecified atom stereocenters.